The molecule has 3 heterocycles. The van der Waals surface area contributed by atoms with Gasteiger partial charge in [0.1, 0.15) is 24.1 Å². The molecule has 0 spiro atoms. The maximum atomic E-state index is 14.2. The molecule has 4 rings (SSSR count). The van der Waals surface area contributed by atoms with Gasteiger partial charge in [0.15, 0.2) is 5.78 Å². The lowest BCUT2D eigenvalue weighted by atomic mass is 9.78. The summed E-state index contributed by atoms with van der Waals surface area (Å²) in [7, 11) is 4.60. The third-order valence-electron chi connectivity index (χ3n) is 14.9. The Balaban J connectivity index is 1.65. The summed E-state index contributed by atoms with van der Waals surface area (Å²) in [4.78, 5) is 71.4. The Bertz CT molecular complexity index is 1810. The van der Waals surface area contributed by atoms with Crippen LogP contribution in [0.2, 0.25) is 0 Å². The quantitative estimate of drug-likeness (QED) is 0.137. The summed E-state index contributed by atoms with van der Waals surface area (Å²) in [5, 5.41) is 32.6. The Kier molecular flexibility index (Phi) is 22.9. The topological polar surface area (TPSA) is 205 Å². The van der Waals surface area contributed by atoms with Crippen LogP contribution in [0.3, 0.4) is 0 Å². The fourth-order valence-corrected chi connectivity index (χ4v) is 10.5. The number of hydrogen-bond donors (Lipinski definition) is 3. The molecule has 384 valence electrons. The third-order valence-corrected chi connectivity index (χ3v) is 14.9. The van der Waals surface area contributed by atoms with Gasteiger partial charge in [-0.1, -0.05) is 71.1 Å². The number of Topliss-reactive ketones (excluding diaryl/α,β-unsaturated/α-hetero) is 3. The molecule has 3 aliphatic heterocycles. The molecule has 4 aliphatic rings. The smallest absolute Gasteiger partial charge is 0.311 e. The van der Waals surface area contributed by atoms with Gasteiger partial charge in [-0.15, -0.1) is 0 Å². The summed E-state index contributed by atoms with van der Waals surface area (Å²) in [5.74, 6) is -8.17. The zero-order valence-corrected chi connectivity index (χ0v) is 42.4. The number of nitrogens with zero attached hydrogens (tertiary/aromatic N) is 1. The molecule has 0 aromatic carbocycles. The first kappa shape index (κ1) is 57.2. The van der Waals surface area contributed by atoms with Gasteiger partial charge >= 0.3 is 5.97 Å². The molecule has 3 fully saturated rings. The molecule has 15 heteroatoms. The normalized spacial score (nSPS) is 38.4. The van der Waals surface area contributed by atoms with Crippen LogP contribution < -0.4 is 0 Å². The van der Waals surface area contributed by atoms with Crippen molar-refractivity contribution in [3.8, 4) is 0 Å². The highest BCUT2D eigenvalue weighted by Crippen LogP contribution is 2.38. The predicted octanol–water partition coefficient (Wildman–Crippen LogP) is 6.05. The number of carbonyl (C=O) groups is 5. The van der Waals surface area contributed by atoms with Crippen molar-refractivity contribution >= 4 is 29.2 Å². The summed E-state index contributed by atoms with van der Waals surface area (Å²) in [6.07, 6.45) is 11.9. The molecule has 4 bridgehead atoms. The van der Waals surface area contributed by atoms with Crippen LogP contribution >= 0.6 is 0 Å². The number of esters is 1. The number of aliphatic hydroxyl groups excluding tert-OH is 2. The van der Waals surface area contributed by atoms with E-state index in [0.717, 1.165) is 18.4 Å². The molecule has 0 aromatic heterocycles. The number of ketones is 3. The van der Waals surface area contributed by atoms with Gasteiger partial charge in [0.25, 0.3) is 11.7 Å². The monoisotopic (exact) mass is 958 g/mol. The first-order valence-electron chi connectivity index (χ1n) is 25.0. The van der Waals surface area contributed by atoms with E-state index in [9.17, 15) is 39.3 Å². The Labute approximate surface area is 405 Å². The minimum Gasteiger partial charge on any atom is -0.461 e. The highest BCUT2D eigenvalue weighted by Gasteiger charge is 2.52. The molecule has 15 nitrogen and oxygen atoms in total. The number of cyclic esters (lactones) is 1. The number of piperidine rings is 1. The van der Waals surface area contributed by atoms with E-state index in [1.54, 1.807) is 41.1 Å². The van der Waals surface area contributed by atoms with E-state index in [0.29, 0.717) is 56.9 Å². The van der Waals surface area contributed by atoms with Crippen LogP contribution in [0.5, 0.6) is 0 Å². The van der Waals surface area contributed by atoms with Crippen molar-refractivity contribution in [3.05, 3.63) is 47.6 Å². The number of amides is 1. The largest absolute Gasteiger partial charge is 0.461 e. The fourth-order valence-electron chi connectivity index (χ4n) is 10.5. The van der Waals surface area contributed by atoms with Crippen LogP contribution in [-0.4, -0.2) is 146 Å². The zero-order chi connectivity index (χ0) is 50.3. The molecule has 68 heavy (non-hydrogen) atoms. The summed E-state index contributed by atoms with van der Waals surface area (Å²) >= 11 is 0. The maximum absolute atomic E-state index is 14.2. The first-order chi connectivity index (χ1) is 32.3. The van der Waals surface area contributed by atoms with Crippen molar-refractivity contribution in [1.29, 1.82) is 0 Å². The molecule has 15 atom stereocenters. The van der Waals surface area contributed by atoms with Crippen LogP contribution in [0.1, 0.15) is 119 Å². The van der Waals surface area contributed by atoms with Crippen molar-refractivity contribution in [1.82, 2.24) is 4.90 Å². The molecule has 3 N–H and O–H groups in total. The van der Waals surface area contributed by atoms with E-state index in [1.807, 2.05) is 58.1 Å². The summed E-state index contributed by atoms with van der Waals surface area (Å²) in [5.41, 5.74) is 1.29. The second kappa shape index (κ2) is 27.3. The highest BCUT2D eigenvalue weighted by atomic mass is 16.6. The molecular weight excluding hydrogens is 875 g/mol. The Morgan fingerprint density at radius 1 is 0.868 bits per heavy atom. The zero-order valence-electron chi connectivity index (χ0n) is 42.4. The summed E-state index contributed by atoms with van der Waals surface area (Å²) in [6, 6.07) is 0. The van der Waals surface area contributed by atoms with Crippen molar-refractivity contribution in [2.75, 3.05) is 47.6 Å². The van der Waals surface area contributed by atoms with E-state index in [2.05, 4.69) is 0 Å². The van der Waals surface area contributed by atoms with Crippen LogP contribution in [0, 0.1) is 41.4 Å². The molecule has 0 radical (unpaired) electrons. The van der Waals surface area contributed by atoms with Crippen LogP contribution in [0.4, 0.5) is 0 Å². The number of allylic oxidation sites excluding steroid dienone is 6. The van der Waals surface area contributed by atoms with Gasteiger partial charge in [-0.05, 0) is 101 Å². The van der Waals surface area contributed by atoms with Crippen molar-refractivity contribution < 1.29 is 67.7 Å². The fraction of sp³-hybridized carbons (Fsp3) is 0.755. The maximum Gasteiger partial charge on any atom is 0.311 e. The number of methoxy groups -OCH3 is 3. The first-order valence-corrected chi connectivity index (χ1v) is 25.0. The van der Waals surface area contributed by atoms with E-state index in [4.69, 9.17) is 28.4 Å². The van der Waals surface area contributed by atoms with Crippen LogP contribution in [-0.2, 0) is 52.4 Å². The molecule has 0 aromatic rings. The molecule has 1 aliphatic carbocycles. The second-order valence-electron chi connectivity index (χ2n) is 20.2. The molecule has 2 saturated heterocycles. The highest BCUT2D eigenvalue weighted by molar-refractivity contribution is 6.38. The van der Waals surface area contributed by atoms with Gasteiger partial charge in [0.2, 0.25) is 5.79 Å². The van der Waals surface area contributed by atoms with E-state index in [-0.39, 0.29) is 74.3 Å². The minimum absolute atomic E-state index is 0.0157. The van der Waals surface area contributed by atoms with Crippen LogP contribution in [0.25, 0.3) is 0 Å². The Hall–Kier alpha value is -3.41. The second-order valence-corrected chi connectivity index (χ2v) is 20.2. The average Bonchev–Trinajstić information content (AvgIpc) is 3.32. The number of fused-ring (bicyclic) bond motifs is 4. The van der Waals surface area contributed by atoms with E-state index >= 15 is 0 Å². The van der Waals surface area contributed by atoms with E-state index < -0.39 is 77.6 Å². The molecule has 1 unspecified atom stereocenters. The van der Waals surface area contributed by atoms with Gasteiger partial charge in [0.05, 0.1) is 43.5 Å². The average molecular weight is 958 g/mol. The number of ether oxygens (including phenoxy) is 6. The molecular formula is C53H83NO14. The standard InChI is InChI=1S/C53H83NO14/c1-32-15-12-11-13-16-33(2)44(63-8)29-41-20-18-38(7)53(62,68-41)50(59)51(60)54-22-14-17-40(31-54)52(61)67-45(35(4)27-39-19-21-43(66-24-23-55)46(28-39)64-9)30-42(56)34(3)26-37(6)48(58)49(65-10)47(57)36(5)25-32/h11-13,15-16,26,32,34-36,38-41,43-46,48-49,55,58,62H,14,17-25,27-31H2,1-10H3/b13-11+,15-12+,33-16?,37-26+/t32-,34-,35-,36-,38-,39+,40?,41+,43-,44+,45+,46-,48-,49+,53-/m1/s1. The lowest BCUT2D eigenvalue weighted by Gasteiger charge is -2.42. The number of aliphatic hydroxyl groups is 3. The lowest BCUT2D eigenvalue weighted by molar-refractivity contribution is -0.265. The molecule has 1 saturated carbocycles. The van der Waals surface area contributed by atoms with Gasteiger partial charge < -0.3 is 48.6 Å². The predicted molar refractivity (Wildman–Crippen MR) is 256 cm³/mol. The lowest BCUT2D eigenvalue weighted by Crippen LogP contribution is -2.59. The van der Waals surface area contributed by atoms with E-state index in [1.165, 1.54) is 12.0 Å². The summed E-state index contributed by atoms with van der Waals surface area (Å²) in [6.45, 7) is 13.0. The van der Waals surface area contributed by atoms with Gasteiger partial charge in [0, 0.05) is 65.0 Å². The minimum atomic E-state index is -2.37. The van der Waals surface area contributed by atoms with Gasteiger partial charge in [-0.3, -0.25) is 24.0 Å². The van der Waals surface area contributed by atoms with Gasteiger partial charge in [-0.2, -0.15) is 0 Å². The Morgan fingerprint density at radius 2 is 1.60 bits per heavy atom. The van der Waals surface area contributed by atoms with Crippen LogP contribution in [0.15, 0.2) is 47.6 Å². The van der Waals surface area contributed by atoms with Crippen molar-refractivity contribution in [3.63, 3.8) is 0 Å². The van der Waals surface area contributed by atoms with Crippen molar-refractivity contribution in [2.24, 2.45) is 41.4 Å². The number of hydrogen-bond acceptors (Lipinski definition) is 14. The third kappa shape index (κ3) is 15.5. The SMILES string of the molecule is CO[C@H]1C[C@@H]2CC[C@@H](C)[C@@](O)(O2)C(=O)C(=O)N2CCCC(C2)C(=O)O[C@H]([C@H](C)C[C@@H]2CC[C@@H](OCCO)[C@H](OC)C2)CC(=O)[C@H](C)/C=C(\C)[C@@H](O)[C@@H](OC)C(=O)[C@H](C)C[C@H](C)/C=C/C=C/C=C1C. The number of rotatable bonds is 9. The van der Waals surface area contributed by atoms with Crippen molar-refractivity contribution in [2.45, 2.75) is 168 Å². The molecule has 1 amide bonds. The summed E-state index contributed by atoms with van der Waals surface area (Å²) < 4.78 is 35.5. The number of carbonyl (C=O) groups excluding carboxylic acids is 5. The van der Waals surface area contributed by atoms with Gasteiger partial charge in [-0.25, -0.2) is 0 Å². The Morgan fingerprint density at radius 3 is 2.28 bits per heavy atom.